The number of nitrogen functional groups attached to an aromatic ring is 1. The first kappa shape index (κ1) is 52.2. The summed E-state index contributed by atoms with van der Waals surface area (Å²) in [6, 6.07) is 15.6. The van der Waals surface area contributed by atoms with Crippen molar-refractivity contribution < 1.29 is 33.4 Å². The standard InChI is InChI=1S/C50H79N5O7/c1-14-34(8)47(54(11)50(60)40(31(2)3)29-43(57)46(32(4)5)53(10)33(6)7)44(61-12)30-45(58)55-26-18-21-41(55)48(62-13)35(9)42(56)28-37(27-36-19-16-15-17-20-36)49(59)52-39-24-22-38(51)23-25-39/h15-17,19-20,22-25,31-35,37,40-41,44,46-48H,14,18,21,26-30,51H2,1-13H3,(H,52,59)/t34-,35-,37+,40-,41-,44+,46-,47-,48+/m0/s1. The lowest BCUT2D eigenvalue weighted by Crippen LogP contribution is -2.54. The number of hydrogen-bond donors (Lipinski definition) is 2. The molecule has 0 aromatic heterocycles. The largest absolute Gasteiger partial charge is 0.399 e. The summed E-state index contributed by atoms with van der Waals surface area (Å²) in [6.07, 6.45) is 1.47. The smallest absolute Gasteiger partial charge is 0.228 e. The SMILES string of the molecule is CC[C@H](C)[C@@H]([C@@H](CC(=O)N1CCC[C@H]1[C@H](OC)[C@@H](C)C(=O)C[C@@H](Cc1ccccc1)C(=O)Nc1ccc(N)cc1)OC)N(C)C(=O)[C@@H](CC(=O)[C@H](C(C)C)N(C)C(C)C)C(C)C. The summed E-state index contributed by atoms with van der Waals surface area (Å²) in [7, 11) is 6.91. The first-order valence-electron chi connectivity index (χ1n) is 22.9. The third kappa shape index (κ3) is 13.9. The lowest BCUT2D eigenvalue weighted by Gasteiger charge is -2.41. The van der Waals surface area contributed by atoms with Crippen LogP contribution in [0.25, 0.3) is 0 Å². The minimum Gasteiger partial charge on any atom is -0.399 e. The Hall–Kier alpha value is -4.13. The van der Waals surface area contributed by atoms with Crippen LogP contribution in [0.3, 0.4) is 0 Å². The molecule has 1 saturated heterocycles. The van der Waals surface area contributed by atoms with Crippen molar-refractivity contribution in [1.29, 1.82) is 0 Å². The lowest BCUT2D eigenvalue weighted by atomic mass is 9.83. The van der Waals surface area contributed by atoms with Crippen LogP contribution in [-0.4, -0.2) is 115 Å². The van der Waals surface area contributed by atoms with Crippen LogP contribution in [0.4, 0.5) is 11.4 Å². The Kier molecular flexibility index (Phi) is 20.8. The zero-order chi connectivity index (χ0) is 46.4. The second kappa shape index (κ2) is 24.6. The molecule has 3 rings (SSSR count). The average Bonchev–Trinajstić information content (AvgIpc) is 3.72. The van der Waals surface area contributed by atoms with E-state index >= 15 is 0 Å². The Bertz CT molecular complexity index is 1730. The number of likely N-dealkylation sites (tertiary alicyclic amines) is 1. The number of nitrogens with zero attached hydrogens (tertiary/aromatic N) is 3. The van der Waals surface area contributed by atoms with E-state index in [4.69, 9.17) is 15.2 Å². The highest BCUT2D eigenvalue weighted by Gasteiger charge is 2.43. The minimum atomic E-state index is -0.644. The number of benzene rings is 2. The third-order valence-corrected chi connectivity index (χ3v) is 13.4. The molecule has 2 aromatic rings. The molecule has 62 heavy (non-hydrogen) atoms. The molecule has 12 heteroatoms. The number of Topliss-reactive ketones (excluding diaryl/α,β-unsaturated/α-hetero) is 2. The van der Waals surface area contributed by atoms with Crippen LogP contribution in [0.15, 0.2) is 54.6 Å². The van der Waals surface area contributed by atoms with Gasteiger partial charge in [0.15, 0.2) is 5.78 Å². The highest BCUT2D eigenvalue weighted by Crippen LogP contribution is 2.32. The van der Waals surface area contributed by atoms with Crippen LogP contribution < -0.4 is 11.1 Å². The molecule has 3 N–H and O–H groups in total. The van der Waals surface area contributed by atoms with Crippen molar-refractivity contribution >= 4 is 40.7 Å². The monoisotopic (exact) mass is 862 g/mol. The number of amides is 3. The molecule has 0 spiro atoms. The summed E-state index contributed by atoms with van der Waals surface area (Å²) in [4.78, 5) is 76.4. The van der Waals surface area contributed by atoms with Crippen molar-refractivity contribution in [2.75, 3.05) is 45.9 Å². The van der Waals surface area contributed by atoms with Crippen LogP contribution in [-0.2, 0) is 39.9 Å². The molecule has 1 fully saturated rings. The van der Waals surface area contributed by atoms with Gasteiger partial charge >= 0.3 is 0 Å². The van der Waals surface area contributed by atoms with Crippen LogP contribution in [0, 0.1) is 35.5 Å². The first-order chi connectivity index (χ1) is 29.3. The number of carbonyl (C=O) groups excluding carboxylic acids is 5. The molecule has 1 aliphatic rings. The van der Waals surface area contributed by atoms with Gasteiger partial charge in [-0.1, -0.05) is 85.2 Å². The zero-order valence-corrected chi connectivity index (χ0v) is 40.1. The molecule has 0 aliphatic carbocycles. The number of methoxy groups -OCH3 is 2. The summed E-state index contributed by atoms with van der Waals surface area (Å²) in [5.74, 6) is -2.38. The number of ether oxygens (including phenoxy) is 2. The van der Waals surface area contributed by atoms with Gasteiger partial charge in [0.05, 0.1) is 36.8 Å². The molecule has 0 bridgehead atoms. The van der Waals surface area contributed by atoms with E-state index in [0.717, 1.165) is 18.4 Å². The fourth-order valence-corrected chi connectivity index (χ4v) is 9.33. The maximum atomic E-state index is 14.5. The summed E-state index contributed by atoms with van der Waals surface area (Å²) in [6.45, 7) is 18.7. The minimum absolute atomic E-state index is 0.00435. The van der Waals surface area contributed by atoms with E-state index in [0.29, 0.717) is 30.8 Å². The average molecular weight is 862 g/mol. The number of hydrogen-bond acceptors (Lipinski definition) is 9. The highest BCUT2D eigenvalue weighted by atomic mass is 16.5. The molecule has 1 heterocycles. The fourth-order valence-electron chi connectivity index (χ4n) is 9.33. The fraction of sp³-hybridized carbons (Fsp3) is 0.660. The van der Waals surface area contributed by atoms with Gasteiger partial charge in [0.2, 0.25) is 17.7 Å². The van der Waals surface area contributed by atoms with Crippen molar-refractivity contribution in [1.82, 2.24) is 14.7 Å². The Morgan fingerprint density at radius 1 is 0.823 bits per heavy atom. The molecule has 2 aromatic carbocycles. The van der Waals surface area contributed by atoms with Crippen LogP contribution in [0.2, 0.25) is 0 Å². The number of ketones is 2. The van der Waals surface area contributed by atoms with E-state index in [1.54, 1.807) is 50.4 Å². The number of nitrogens with one attached hydrogen (secondary N) is 1. The maximum Gasteiger partial charge on any atom is 0.228 e. The summed E-state index contributed by atoms with van der Waals surface area (Å²) >= 11 is 0. The summed E-state index contributed by atoms with van der Waals surface area (Å²) in [5, 5.41) is 2.97. The summed E-state index contributed by atoms with van der Waals surface area (Å²) < 4.78 is 12.2. The third-order valence-electron chi connectivity index (χ3n) is 13.4. The lowest BCUT2D eigenvalue weighted by molar-refractivity contribution is -0.149. The normalized spacial score (nSPS) is 18.3. The molecule has 0 unspecified atom stereocenters. The molecule has 9 atom stereocenters. The second-order valence-electron chi connectivity index (χ2n) is 18.7. The van der Waals surface area contributed by atoms with Crippen LogP contribution >= 0.6 is 0 Å². The van der Waals surface area contributed by atoms with Gasteiger partial charge in [-0.25, -0.2) is 0 Å². The Morgan fingerprint density at radius 2 is 1.45 bits per heavy atom. The molecule has 12 nitrogen and oxygen atoms in total. The Balaban J connectivity index is 1.82. The van der Waals surface area contributed by atoms with E-state index in [2.05, 4.69) is 37.9 Å². The maximum absolute atomic E-state index is 14.5. The van der Waals surface area contributed by atoms with Gasteiger partial charge in [-0.3, -0.25) is 28.9 Å². The van der Waals surface area contributed by atoms with Crippen molar-refractivity contribution in [2.45, 2.75) is 144 Å². The van der Waals surface area contributed by atoms with Crippen LogP contribution in [0.5, 0.6) is 0 Å². The predicted octanol–water partition coefficient (Wildman–Crippen LogP) is 7.54. The van der Waals surface area contributed by atoms with E-state index < -0.39 is 36.0 Å². The van der Waals surface area contributed by atoms with Gasteiger partial charge in [0, 0.05) is 75.8 Å². The Morgan fingerprint density at radius 3 is 1.98 bits per heavy atom. The highest BCUT2D eigenvalue weighted by molar-refractivity contribution is 5.96. The van der Waals surface area contributed by atoms with Crippen molar-refractivity contribution in [2.24, 2.45) is 35.5 Å². The van der Waals surface area contributed by atoms with Gasteiger partial charge in [-0.15, -0.1) is 0 Å². The van der Waals surface area contributed by atoms with Crippen LogP contribution in [0.1, 0.15) is 106 Å². The van der Waals surface area contributed by atoms with Gasteiger partial charge in [0.25, 0.3) is 0 Å². The number of rotatable bonds is 25. The zero-order valence-electron chi connectivity index (χ0n) is 40.1. The van der Waals surface area contributed by atoms with Crippen molar-refractivity contribution in [3.63, 3.8) is 0 Å². The van der Waals surface area contributed by atoms with Gasteiger partial charge < -0.3 is 30.3 Å². The number of likely N-dealkylation sites (N-methyl/N-ethyl adjacent to an activating group) is 2. The molecule has 0 saturated carbocycles. The molecule has 346 valence electrons. The molecule has 0 radical (unpaired) electrons. The molecular formula is C50H79N5O7. The number of nitrogens with two attached hydrogens (primary N) is 1. The Labute approximate surface area is 373 Å². The quantitative estimate of drug-likeness (QED) is 0.0966. The van der Waals surface area contributed by atoms with Crippen molar-refractivity contribution in [3.05, 3.63) is 60.2 Å². The van der Waals surface area contributed by atoms with Crippen molar-refractivity contribution in [3.8, 4) is 0 Å². The number of carbonyl (C=O) groups is 5. The molecular weight excluding hydrogens is 783 g/mol. The molecule has 3 amide bonds. The van der Waals surface area contributed by atoms with E-state index in [1.165, 1.54) is 0 Å². The molecule has 1 aliphatic heterocycles. The van der Waals surface area contributed by atoms with Gasteiger partial charge in [-0.05, 0) is 87.7 Å². The first-order valence-corrected chi connectivity index (χ1v) is 22.9. The van der Waals surface area contributed by atoms with E-state index in [9.17, 15) is 24.0 Å². The number of anilines is 2. The topological polar surface area (TPSA) is 152 Å². The van der Waals surface area contributed by atoms with Gasteiger partial charge in [0.1, 0.15) is 5.78 Å². The van der Waals surface area contributed by atoms with E-state index in [-0.39, 0.29) is 84.4 Å². The predicted molar refractivity (Wildman–Crippen MR) is 248 cm³/mol. The van der Waals surface area contributed by atoms with E-state index in [1.807, 2.05) is 76.9 Å². The second-order valence-corrected chi connectivity index (χ2v) is 18.7. The summed E-state index contributed by atoms with van der Waals surface area (Å²) in [5.41, 5.74) is 7.98. The van der Waals surface area contributed by atoms with Gasteiger partial charge in [-0.2, -0.15) is 0 Å².